The van der Waals surface area contributed by atoms with Gasteiger partial charge in [-0.05, 0) is 30.7 Å². The van der Waals surface area contributed by atoms with Crippen LogP contribution in [0.15, 0.2) is 47.5 Å². The zero-order valence-electron chi connectivity index (χ0n) is 11.1. The summed E-state index contributed by atoms with van der Waals surface area (Å²) >= 11 is 0. The number of aryl methyl sites for hydroxylation is 1. The Morgan fingerprint density at radius 1 is 1.16 bits per heavy atom. The lowest BCUT2D eigenvalue weighted by Gasteiger charge is -2.00. The Morgan fingerprint density at radius 3 is 2.58 bits per heavy atom. The topological polar surface area (TPSA) is 29.4 Å². The minimum atomic E-state index is -1.35. The van der Waals surface area contributed by atoms with Gasteiger partial charge in [-0.3, -0.25) is 4.99 Å². The van der Waals surface area contributed by atoms with Gasteiger partial charge in [0.1, 0.15) is 17.7 Å². The number of rotatable bonds is 3. The van der Waals surface area contributed by atoms with E-state index >= 15 is 0 Å². The fourth-order valence-electron chi connectivity index (χ4n) is 1.92. The molecule has 0 saturated heterocycles. The summed E-state index contributed by atoms with van der Waals surface area (Å²) < 4.78 is 11.7. The SMILES string of the molecule is Cc1cccc([PH3+])c1N=Cc1ccccc1[P+](C)=O. The Morgan fingerprint density at radius 2 is 1.89 bits per heavy atom. The molecule has 0 amide bonds. The second-order valence-electron chi connectivity index (χ2n) is 4.40. The van der Waals surface area contributed by atoms with Crippen molar-refractivity contribution in [2.24, 2.45) is 4.99 Å². The molecule has 0 heterocycles. The maximum Gasteiger partial charge on any atom is 0.374 e. The zero-order valence-corrected chi connectivity index (χ0v) is 13.4. The molecule has 0 aliphatic heterocycles. The van der Waals surface area contributed by atoms with Crippen LogP contribution in [0, 0.1) is 6.92 Å². The molecule has 0 N–H and O–H groups in total. The summed E-state index contributed by atoms with van der Waals surface area (Å²) in [6.45, 7) is 3.78. The molecule has 2 unspecified atom stereocenters. The molecule has 0 spiro atoms. The molecule has 2 nitrogen and oxygen atoms in total. The van der Waals surface area contributed by atoms with Crippen molar-refractivity contribution < 1.29 is 4.57 Å². The maximum absolute atomic E-state index is 11.7. The molecule has 96 valence electrons. The predicted molar refractivity (Wildman–Crippen MR) is 88.8 cm³/mol. The number of hydrogen-bond acceptors (Lipinski definition) is 2. The van der Waals surface area contributed by atoms with Crippen LogP contribution >= 0.6 is 17.0 Å². The van der Waals surface area contributed by atoms with E-state index in [-0.39, 0.29) is 0 Å². The first-order chi connectivity index (χ1) is 9.09. The highest BCUT2D eigenvalue weighted by atomic mass is 31.1. The number of benzene rings is 2. The smallest absolute Gasteiger partial charge is 0.252 e. The molecule has 4 heteroatoms. The number of para-hydroxylation sites is 1. The monoisotopic (exact) mass is 289 g/mol. The lowest BCUT2D eigenvalue weighted by molar-refractivity contribution is 0.596. The summed E-state index contributed by atoms with van der Waals surface area (Å²) in [4.78, 5) is 4.57. The summed E-state index contributed by atoms with van der Waals surface area (Å²) in [5, 5.41) is 2.03. The average Bonchev–Trinajstić information content (AvgIpc) is 2.38. The Labute approximate surface area is 117 Å². The van der Waals surface area contributed by atoms with Gasteiger partial charge in [-0.1, -0.05) is 28.8 Å². The Hall–Kier alpha value is -1.36. The molecule has 2 rings (SSSR count). The summed E-state index contributed by atoms with van der Waals surface area (Å²) in [5.74, 6) is 0. The van der Waals surface area contributed by atoms with Crippen LogP contribution in [0.5, 0.6) is 0 Å². The van der Waals surface area contributed by atoms with Gasteiger partial charge in [0.25, 0.3) is 0 Å². The molecule has 0 aliphatic carbocycles. The molecule has 0 radical (unpaired) electrons. The Bertz CT molecular complexity index is 630. The van der Waals surface area contributed by atoms with Crippen LogP contribution < -0.4 is 10.6 Å². The summed E-state index contributed by atoms with van der Waals surface area (Å²) in [6.07, 6.45) is 1.81. The first kappa shape index (κ1) is 14.1. The summed E-state index contributed by atoms with van der Waals surface area (Å²) in [6, 6.07) is 13.8. The first-order valence-corrected chi connectivity index (χ1v) is 8.46. The quantitative estimate of drug-likeness (QED) is 0.631. The van der Waals surface area contributed by atoms with Gasteiger partial charge < -0.3 is 0 Å². The van der Waals surface area contributed by atoms with Gasteiger partial charge in [0.05, 0.1) is 0 Å². The van der Waals surface area contributed by atoms with Crippen LogP contribution in [0.25, 0.3) is 0 Å². The van der Waals surface area contributed by atoms with E-state index in [2.05, 4.69) is 24.0 Å². The molecule has 2 aromatic rings. The molecule has 0 aromatic heterocycles. The predicted octanol–water partition coefficient (Wildman–Crippen LogP) is 3.06. The van der Waals surface area contributed by atoms with E-state index in [0.717, 1.165) is 22.1 Å². The lowest BCUT2D eigenvalue weighted by atomic mass is 10.2. The third-order valence-corrected chi connectivity index (χ3v) is 4.59. The van der Waals surface area contributed by atoms with Crippen molar-refractivity contribution >= 4 is 39.6 Å². The van der Waals surface area contributed by atoms with Gasteiger partial charge in [-0.15, -0.1) is 0 Å². The second-order valence-corrected chi connectivity index (χ2v) is 6.64. The number of nitrogens with zero attached hydrogens (tertiary/aromatic N) is 1. The highest BCUT2D eigenvalue weighted by Crippen LogP contribution is 2.19. The third-order valence-electron chi connectivity index (χ3n) is 2.93. The molecule has 2 aromatic carbocycles. The molecule has 0 saturated carbocycles. The average molecular weight is 289 g/mol. The maximum atomic E-state index is 11.7. The minimum Gasteiger partial charge on any atom is -0.252 e. The van der Waals surface area contributed by atoms with E-state index in [9.17, 15) is 4.57 Å². The highest BCUT2D eigenvalue weighted by Gasteiger charge is 2.15. The molecule has 0 aliphatic rings. The van der Waals surface area contributed by atoms with Crippen molar-refractivity contribution in [3.63, 3.8) is 0 Å². The van der Waals surface area contributed by atoms with E-state index in [1.54, 1.807) is 6.66 Å². The summed E-state index contributed by atoms with van der Waals surface area (Å²) in [5.41, 5.74) is 3.08. The van der Waals surface area contributed by atoms with Crippen molar-refractivity contribution in [1.82, 2.24) is 0 Å². The first-order valence-electron chi connectivity index (χ1n) is 6.05. The largest absolute Gasteiger partial charge is 0.374 e. The van der Waals surface area contributed by atoms with Crippen LogP contribution in [0.3, 0.4) is 0 Å². The van der Waals surface area contributed by atoms with Crippen molar-refractivity contribution in [1.29, 1.82) is 0 Å². The highest BCUT2D eigenvalue weighted by molar-refractivity contribution is 7.52. The van der Waals surface area contributed by atoms with Crippen LogP contribution in [-0.2, 0) is 4.57 Å². The zero-order chi connectivity index (χ0) is 13.8. The van der Waals surface area contributed by atoms with Crippen LogP contribution in [0.1, 0.15) is 11.1 Å². The van der Waals surface area contributed by atoms with Gasteiger partial charge in [0, 0.05) is 21.0 Å². The van der Waals surface area contributed by atoms with Crippen molar-refractivity contribution in [3.8, 4) is 0 Å². The molecule has 0 fully saturated rings. The van der Waals surface area contributed by atoms with Gasteiger partial charge in [-0.25, -0.2) is 0 Å². The summed E-state index contributed by atoms with van der Waals surface area (Å²) in [7, 11) is 0.481. The molecule has 19 heavy (non-hydrogen) atoms. The van der Waals surface area contributed by atoms with Crippen molar-refractivity contribution in [3.05, 3.63) is 53.6 Å². The van der Waals surface area contributed by atoms with Crippen molar-refractivity contribution in [2.45, 2.75) is 6.92 Å². The van der Waals surface area contributed by atoms with E-state index in [1.165, 1.54) is 5.30 Å². The lowest BCUT2D eigenvalue weighted by Crippen LogP contribution is -2.04. The van der Waals surface area contributed by atoms with E-state index in [0.29, 0.717) is 0 Å². The van der Waals surface area contributed by atoms with Crippen LogP contribution in [-0.4, -0.2) is 12.9 Å². The van der Waals surface area contributed by atoms with Gasteiger partial charge in [0.15, 0.2) is 5.30 Å². The van der Waals surface area contributed by atoms with Crippen LogP contribution in [0.2, 0.25) is 0 Å². The fraction of sp³-hybridized carbons (Fsp3) is 0.133. The number of hydrogen-bond donors (Lipinski definition) is 0. The fourth-order valence-corrected chi connectivity index (χ4v) is 3.22. The van der Waals surface area contributed by atoms with Crippen molar-refractivity contribution in [2.75, 3.05) is 6.66 Å². The standard InChI is InChI=1S/C15H16NOP2/c1-11-6-5-8-13(18)15(11)16-10-12-7-3-4-9-14(12)19(2)17/h3-10H,18H2,1-2H3/q+1/p+1. The number of aliphatic imine (C=N–C) groups is 1. The third kappa shape index (κ3) is 3.35. The minimum absolute atomic E-state index is 0.856. The van der Waals surface area contributed by atoms with Gasteiger partial charge >= 0.3 is 7.80 Å². The van der Waals surface area contributed by atoms with E-state index in [1.807, 2.05) is 45.8 Å². The van der Waals surface area contributed by atoms with Crippen LogP contribution in [0.4, 0.5) is 5.69 Å². The Kier molecular flexibility index (Phi) is 4.58. The Balaban J connectivity index is 2.41. The normalized spacial score (nSPS) is 12.0. The van der Waals surface area contributed by atoms with E-state index in [4.69, 9.17) is 0 Å². The molecule has 0 bridgehead atoms. The molecular formula is C15H17NOP2+2. The van der Waals surface area contributed by atoms with Gasteiger partial charge in [-0.2, -0.15) is 0 Å². The van der Waals surface area contributed by atoms with E-state index < -0.39 is 7.80 Å². The second kappa shape index (κ2) is 6.19. The van der Waals surface area contributed by atoms with Gasteiger partial charge in [0.2, 0.25) is 0 Å². The molecular weight excluding hydrogens is 272 g/mol. The molecule has 2 atom stereocenters.